The molecule has 252 valence electrons. The molecule has 6 rings (SSSR count). The highest BCUT2D eigenvalue weighted by molar-refractivity contribution is 7.89. The maximum absolute atomic E-state index is 14.8. The summed E-state index contributed by atoms with van der Waals surface area (Å²) in [7, 11) is -5.69. The van der Waals surface area contributed by atoms with Gasteiger partial charge >= 0.3 is 5.97 Å². The summed E-state index contributed by atoms with van der Waals surface area (Å²) >= 11 is 0. The molecule has 0 amide bonds. The average molecular weight is 664 g/mol. The van der Waals surface area contributed by atoms with Gasteiger partial charge in [-0.1, -0.05) is 131 Å². The number of sulfonamides is 1. The minimum absolute atomic E-state index is 0.0583. The molecule has 4 saturated carbocycles. The fraction of sp³-hybridized carbons (Fsp3) is 0.667. The van der Waals surface area contributed by atoms with Crippen molar-refractivity contribution in [1.29, 1.82) is 0 Å². The van der Waals surface area contributed by atoms with E-state index < -0.39 is 23.5 Å². The summed E-state index contributed by atoms with van der Waals surface area (Å²) in [5.41, 5.74) is 0.485. The SMILES string of the molecule is CC1(C)[C@@H]2CC[C@@]1(CS(=O)(=O)N(C1CCCCC1)C1CCCCC1)[C@H](OC(=O)C[C@H](c1ccccc1)[Si](C)(C)c1ccccc1)C2. The lowest BCUT2D eigenvalue weighted by Crippen LogP contribution is -2.54. The van der Waals surface area contributed by atoms with Gasteiger partial charge in [0.15, 0.2) is 0 Å². The van der Waals surface area contributed by atoms with Gasteiger partial charge in [-0.3, -0.25) is 4.79 Å². The Morgan fingerprint density at radius 1 is 0.848 bits per heavy atom. The molecule has 4 atom stereocenters. The van der Waals surface area contributed by atoms with Crippen LogP contribution in [0.5, 0.6) is 0 Å². The van der Waals surface area contributed by atoms with Gasteiger partial charge in [0.2, 0.25) is 10.0 Å². The van der Waals surface area contributed by atoms with E-state index in [9.17, 15) is 13.2 Å². The minimum Gasteiger partial charge on any atom is -0.462 e. The van der Waals surface area contributed by atoms with Gasteiger partial charge in [-0.15, -0.1) is 0 Å². The number of benzene rings is 2. The van der Waals surface area contributed by atoms with Crippen LogP contribution in [-0.2, 0) is 19.6 Å². The molecule has 4 fully saturated rings. The Hall–Kier alpha value is -1.96. The molecular formula is C39H57NO4SSi. The second-order valence-corrected chi connectivity index (χ2v) is 22.8. The average Bonchev–Trinajstić information content (AvgIpc) is 3.40. The zero-order valence-corrected chi connectivity index (χ0v) is 30.6. The van der Waals surface area contributed by atoms with Crippen molar-refractivity contribution in [3.63, 3.8) is 0 Å². The third kappa shape index (κ3) is 6.42. The van der Waals surface area contributed by atoms with Crippen LogP contribution in [0.4, 0.5) is 0 Å². The molecular weight excluding hydrogens is 607 g/mol. The largest absolute Gasteiger partial charge is 0.462 e. The molecule has 0 aromatic heterocycles. The van der Waals surface area contributed by atoms with Crippen molar-refractivity contribution in [3.8, 4) is 0 Å². The molecule has 0 spiro atoms. The van der Waals surface area contributed by atoms with Crippen LogP contribution in [-0.4, -0.2) is 50.7 Å². The zero-order chi connectivity index (χ0) is 32.6. The molecule has 0 N–H and O–H groups in total. The van der Waals surface area contributed by atoms with E-state index in [1.165, 1.54) is 23.6 Å². The van der Waals surface area contributed by atoms with Crippen molar-refractivity contribution in [1.82, 2.24) is 4.31 Å². The molecule has 5 nitrogen and oxygen atoms in total. The third-order valence-corrected chi connectivity index (χ3v) is 19.4. The molecule has 0 unspecified atom stereocenters. The highest BCUT2D eigenvalue weighted by atomic mass is 32.2. The fourth-order valence-corrected chi connectivity index (χ4v) is 16.2. The van der Waals surface area contributed by atoms with E-state index in [-0.39, 0.29) is 40.9 Å². The lowest BCUT2D eigenvalue weighted by molar-refractivity contribution is -0.156. The summed E-state index contributed by atoms with van der Waals surface area (Å²) in [4.78, 5) is 14.1. The molecule has 0 saturated heterocycles. The van der Waals surface area contributed by atoms with Crippen molar-refractivity contribution < 1.29 is 17.9 Å². The van der Waals surface area contributed by atoms with E-state index in [2.05, 4.69) is 75.5 Å². The smallest absolute Gasteiger partial charge is 0.306 e. The van der Waals surface area contributed by atoms with Crippen molar-refractivity contribution in [2.24, 2.45) is 16.7 Å². The number of hydrogen-bond acceptors (Lipinski definition) is 4. The van der Waals surface area contributed by atoms with Crippen LogP contribution >= 0.6 is 0 Å². The summed E-state index contributed by atoms with van der Waals surface area (Å²) in [5, 5.41) is 1.32. The maximum Gasteiger partial charge on any atom is 0.306 e. The standard InChI is InChI=1S/C39H57NO4SSi/c1-38(2)31-25-26-39(38,29-45(42,43)40(32-19-11-6-12-20-32)33-21-13-7-14-22-33)36(27-31)44-37(41)28-35(30-17-9-5-10-18-30)46(3,4)34-23-15-8-16-24-34/h5,8-10,15-18,23-24,31-33,35-36H,6-7,11-14,19-22,25-29H2,1-4H3/t31-,35-,36-,39-/m1/s1. The fourth-order valence-electron chi connectivity index (χ4n) is 10.2. The first kappa shape index (κ1) is 33.9. The lowest BCUT2D eigenvalue weighted by atomic mass is 9.69. The lowest BCUT2D eigenvalue weighted by Gasteiger charge is -2.46. The van der Waals surface area contributed by atoms with Crippen LogP contribution < -0.4 is 5.19 Å². The van der Waals surface area contributed by atoms with Crippen molar-refractivity contribution >= 4 is 29.3 Å². The Labute approximate surface area is 279 Å². The number of nitrogens with zero attached hydrogens (tertiary/aromatic N) is 1. The third-order valence-electron chi connectivity index (χ3n) is 13.2. The second-order valence-electron chi connectivity index (χ2n) is 16.3. The predicted octanol–water partition coefficient (Wildman–Crippen LogP) is 8.35. The van der Waals surface area contributed by atoms with Gasteiger partial charge < -0.3 is 4.74 Å². The number of ether oxygens (including phenoxy) is 1. The second kappa shape index (κ2) is 13.5. The van der Waals surface area contributed by atoms with Gasteiger partial charge in [-0.05, 0) is 67.4 Å². The number of hydrogen-bond donors (Lipinski definition) is 0. The number of carbonyl (C=O) groups excluding carboxylic acids is 1. The van der Waals surface area contributed by atoms with E-state index in [1.807, 2.05) is 16.4 Å². The number of esters is 1. The topological polar surface area (TPSA) is 63.7 Å². The van der Waals surface area contributed by atoms with Crippen LogP contribution in [0.3, 0.4) is 0 Å². The molecule has 2 bridgehead atoms. The monoisotopic (exact) mass is 663 g/mol. The summed E-state index contributed by atoms with van der Waals surface area (Å²) in [6.45, 7) is 9.23. The van der Waals surface area contributed by atoms with Gasteiger partial charge in [0.1, 0.15) is 6.10 Å². The van der Waals surface area contributed by atoms with E-state index in [0.717, 1.165) is 70.6 Å². The van der Waals surface area contributed by atoms with E-state index in [4.69, 9.17) is 4.74 Å². The van der Waals surface area contributed by atoms with Gasteiger partial charge in [-0.2, -0.15) is 4.31 Å². The van der Waals surface area contributed by atoms with Gasteiger partial charge in [0.25, 0.3) is 0 Å². The van der Waals surface area contributed by atoms with E-state index >= 15 is 0 Å². The van der Waals surface area contributed by atoms with Crippen molar-refractivity contribution in [2.45, 2.75) is 141 Å². The predicted molar refractivity (Wildman–Crippen MR) is 190 cm³/mol. The Bertz CT molecular complexity index is 1410. The summed E-state index contributed by atoms with van der Waals surface area (Å²) < 4.78 is 38.3. The number of rotatable bonds is 11. The summed E-state index contributed by atoms with van der Waals surface area (Å²) in [6, 6.07) is 21.3. The number of carbonyl (C=O) groups is 1. The highest BCUT2D eigenvalue weighted by Gasteiger charge is 2.67. The van der Waals surface area contributed by atoms with Crippen molar-refractivity contribution in [2.75, 3.05) is 5.75 Å². The first-order chi connectivity index (χ1) is 22.0. The van der Waals surface area contributed by atoms with Crippen LogP contribution in [0, 0.1) is 16.7 Å². The molecule has 46 heavy (non-hydrogen) atoms. The first-order valence-corrected chi connectivity index (χ1v) is 23.0. The van der Waals surface area contributed by atoms with Crippen LogP contribution in [0.15, 0.2) is 60.7 Å². The Kier molecular flexibility index (Phi) is 9.96. The highest BCUT2D eigenvalue weighted by Crippen LogP contribution is 2.67. The molecule has 2 aromatic carbocycles. The summed E-state index contributed by atoms with van der Waals surface area (Å²) in [5.74, 6) is 0.311. The normalized spacial score (nSPS) is 27.9. The number of fused-ring (bicyclic) bond motifs is 2. The quantitative estimate of drug-likeness (QED) is 0.179. The first-order valence-electron chi connectivity index (χ1n) is 18.3. The van der Waals surface area contributed by atoms with Gasteiger partial charge in [0, 0.05) is 17.5 Å². The van der Waals surface area contributed by atoms with E-state index in [1.54, 1.807) is 0 Å². The summed E-state index contributed by atoms with van der Waals surface area (Å²) in [6.07, 6.45) is 13.4. The van der Waals surface area contributed by atoms with Gasteiger partial charge in [0.05, 0.1) is 20.2 Å². The zero-order valence-electron chi connectivity index (χ0n) is 28.8. The molecule has 4 aliphatic rings. The Morgan fingerprint density at radius 2 is 1.39 bits per heavy atom. The molecule has 0 aliphatic heterocycles. The van der Waals surface area contributed by atoms with Crippen LogP contribution in [0.25, 0.3) is 0 Å². The Morgan fingerprint density at radius 3 is 1.93 bits per heavy atom. The van der Waals surface area contributed by atoms with Crippen molar-refractivity contribution in [3.05, 3.63) is 66.2 Å². The molecule has 4 aliphatic carbocycles. The minimum atomic E-state index is -3.57. The molecule has 0 radical (unpaired) electrons. The molecule has 7 heteroatoms. The molecule has 0 heterocycles. The Balaban J connectivity index is 1.27. The van der Waals surface area contributed by atoms with Crippen LogP contribution in [0.1, 0.15) is 115 Å². The van der Waals surface area contributed by atoms with Gasteiger partial charge in [-0.25, -0.2) is 8.42 Å². The van der Waals surface area contributed by atoms with E-state index in [0.29, 0.717) is 12.3 Å². The molecule has 2 aromatic rings. The van der Waals surface area contributed by atoms with Crippen LogP contribution in [0.2, 0.25) is 13.1 Å². The maximum atomic E-state index is 14.8.